The second-order valence-corrected chi connectivity index (χ2v) is 6.38. The van der Waals surface area contributed by atoms with Crippen LogP contribution in [0.3, 0.4) is 0 Å². The van der Waals surface area contributed by atoms with Gasteiger partial charge in [-0.1, -0.05) is 25.2 Å². The van der Waals surface area contributed by atoms with Crippen LogP contribution in [0, 0.1) is 0 Å². The number of thioether (sulfide) groups is 1. The highest BCUT2D eigenvalue weighted by molar-refractivity contribution is 7.98. The molecule has 0 aliphatic carbocycles. The second kappa shape index (κ2) is 6.49. The zero-order valence-corrected chi connectivity index (χ0v) is 12.8. The van der Waals surface area contributed by atoms with E-state index in [0.717, 1.165) is 35.0 Å². The fraction of sp³-hybridized carbons (Fsp3) is 0.583. The molecule has 0 saturated heterocycles. The van der Waals surface area contributed by atoms with E-state index in [2.05, 4.69) is 17.0 Å². The van der Waals surface area contributed by atoms with Crippen LogP contribution in [0.1, 0.15) is 31.0 Å². The molecule has 1 unspecified atom stereocenters. The Kier molecular flexibility index (Phi) is 4.95. The summed E-state index contributed by atoms with van der Waals surface area (Å²) in [5, 5.41) is 5.16. The van der Waals surface area contributed by atoms with Gasteiger partial charge in [0, 0.05) is 23.6 Å². The van der Waals surface area contributed by atoms with Crippen molar-refractivity contribution >= 4 is 28.1 Å². The van der Waals surface area contributed by atoms with Gasteiger partial charge in [0.1, 0.15) is 5.01 Å². The predicted octanol–water partition coefficient (Wildman–Crippen LogP) is 1.68. The molecular formula is C12H18N4OS2. The van der Waals surface area contributed by atoms with Gasteiger partial charge in [0.2, 0.25) is 4.96 Å². The molecule has 2 rings (SSSR count). The van der Waals surface area contributed by atoms with E-state index < -0.39 is 0 Å². The summed E-state index contributed by atoms with van der Waals surface area (Å²) < 4.78 is 1.38. The van der Waals surface area contributed by atoms with Crippen molar-refractivity contribution in [2.45, 2.75) is 38.5 Å². The highest BCUT2D eigenvalue weighted by Crippen LogP contribution is 2.15. The zero-order valence-electron chi connectivity index (χ0n) is 11.1. The molecule has 0 aromatic carbocycles. The number of rotatable bonds is 6. The van der Waals surface area contributed by atoms with Crippen molar-refractivity contribution in [3.63, 3.8) is 0 Å². The first-order valence-electron chi connectivity index (χ1n) is 6.36. The van der Waals surface area contributed by atoms with Gasteiger partial charge in [0.25, 0.3) is 5.56 Å². The van der Waals surface area contributed by atoms with Gasteiger partial charge in [-0.2, -0.15) is 21.4 Å². The number of fused-ring (bicyclic) bond motifs is 1. The van der Waals surface area contributed by atoms with E-state index in [4.69, 9.17) is 5.73 Å². The van der Waals surface area contributed by atoms with Crippen molar-refractivity contribution < 1.29 is 0 Å². The lowest BCUT2D eigenvalue weighted by atomic mass is 10.3. The Balaban J connectivity index is 2.14. The van der Waals surface area contributed by atoms with E-state index in [1.807, 2.05) is 6.92 Å². The van der Waals surface area contributed by atoms with Gasteiger partial charge in [0.05, 0.1) is 5.69 Å². The first-order valence-corrected chi connectivity index (χ1v) is 8.33. The van der Waals surface area contributed by atoms with E-state index in [1.165, 1.54) is 15.9 Å². The van der Waals surface area contributed by atoms with Crippen LogP contribution in [0.4, 0.5) is 0 Å². The van der Waals surface area contributed by atoms with Crippen LogP contribution in [-0.4, -0.2) is 26.4 Å². The third-order valence-corrected chi connectivity index (χ3v) is 4.97. The smallest absolute Gasteiger partial charge is 0.275 e. The van der Waals surface area contributed by atoms with Crippen molar-refractivity contribution in [1.82, 2.24) is 14.6 Å². The van der Waals surface area contributed by atoms with Crippen molar-refractivity contribution in [3.8, 4) is 0 Å². The summed E-state index contributed by atoms with van der Waals surface area (Å²) in [6.45, 7) is 4.09. The first-order chi connectivity index (χ1) is 9.13. The Morgan fingerprint density at radius 1 is 1.53 bits per heavy atom. The molecule has 0 spiro atoms. The quantitative estimate of drug-likeness (QED) is 0.878. The zero-order chi connectivity index (χ0) is 13.8. The summed E-state index contributed by atoms with van der Waals surface area (Å²) in [6.07, 6.45) is 1.79. The van der Waals surface area contributed by atoms with Crippen LogP contribution in [0.2, 0.25) is 0 Å². The van der Waals surface area contributed by atoms with E-state index >= 15 is 0 Å². The molecule has 2 heterocycles. The summed E-state index contributed by atoms with van der Waals surface area (Å²) in [7, 11) is 0. The fourth-order valence-corrected chi connectivity index (χ4v) is 3.42. The molecule has 0 amide bonds. The Labute approximate surface area is 120 Å². The standard InChI is InChI=1S/C12H18N4OS2/c1-3-8(13)6-18-7-9-5-11(17)16-12(14-9)19-10(4-2)15-16/h5,8H,3-4,6-7,13H2,1-2H3. The number of hydrogen-bond donors (Lipinski definition) is 1. The van der Waals surface area contributed by atoms with Gasteiger partial charge < -0.3 is 5.73 Å². The summed E-state index contributed by atoms with van der Waals surface area (Å²) in [5.41, 5.74) is 6.57. The lowest BCUT2D eigenvalue weighted by Gasteiger charge is -2.07. The Morgan fingerprint density at radius 3 is 3.00 bits per heavy atom. The lowest BCUT2D eigenvalue weighted by Crippen LogP contribution is -2.21. The Hall–Kier alpha value is -0.920. The molecule has 0 bridgehead atoms. The molecule has 5 nitrogen and oxygen atoms in total. The van der Waals surface area contributed by atoms with Crippen molar-refractivity contribution in [1.29, 1.82) is 0 Å². The van der Waals surface area contributed by atoms with E-state index in [0.29, 0.717) is 4.96 Å². The second-order valence-electron chi connectivity index (χ2n) is 4.31. The molecule has 1 atom stereocenters. The maximum absolute atomic E-state index is 11.9. The first kappa shape index (κ1) is 14.5. The highest BCUT2D eigenvalue weighted by Gasteiger charge is 2.08. The van der Waals surface area contributed by atoms with Crippen LogP contribution in [0.15, 0.2) is 10.9 Å². The molecule has 0 radical (unpaired) electrons. The lowest BCUT2D eigenvalue weighted by molar-refractivity contribution is 0.724. The van der Waals surface area contributed by atoms with Gasteiger partial charge in [-0.05, 0) is 12.8 Å². The van der Waals surface area contributed by atoms with Crippen molar-refractivity contribution in [2.75, 3.05) is 5.75 Å². The van der Waals surface area contributed by atoms with Crippen LogP contribution >= 0.6 is 23.1 Å². The summed E-state index contributed by atoms with van der Waals surface area (Å²) in [6, 6.07) is 1.78. The summed E-state index contributed by atoms with van der Waals surface area (Å²) >= 11 is 3.19. The van der Waals surface area contributed by atoms with Gasteiger partial charge in [-0.25, -0.2) is 4.98 Å². The monoisotopic (exact) mass is 298 g/mol. The van der Waals surface area contributed by atoms with E-state index in [-0.39, 0.29) is 11.6 Å². The predicted molar refractivity (Wildman–Crippen MR) is 80.9 cm³/mol. The van der Waals surface area contributed by atoms with Gasteiger partial charge in [-0.15, -0.1) is 0 Å². The highest BCUT2D eigenvalue weighted by atomic mass is 32.2. The molecule has 0 aliphatic rings. The number of aromatic nitrogens is 3. The average molecular weight is 298 g/mol. The SMILES string of the molecule is CCc1nn2c(=O)cc(CSCC(N)CC)nc2s1. The topological polar surface area (TPSA) is 73.3 Å². The Morgan fingerprint density at radius 2 is 2.32 bits per heavy atom. The van der Waals surface area contributed by atoms with Crippen LogP contribution in [0.25, 0.3) is 4.96 Å². The molecule has 0 saturated carbocycles. The number of hydrogen-bond acceptors (Lipinski definition) is 6. The van der Waals surface area contributed by atoms with Crippen molar-refractivity contribution in [2.24, 2.45) is 5.73 Å². The minimum Gasteiger partial charge on any atom is -0.327 e. The van der Waals surface area contributed by atoms with Gasteiger partial charge >= 0.3 is 0 Å². The fourth-order valence-electron chi connectivity index (χ4n) is 1.55. The summed E-state index contributed by atoms with van der Waals surface area (Å²) in [5.74, 6) is 1.61. The maximum Gasteiger partial charge on any atom is 0.275 e. The van der Waals surface area contributed by atoms with E-state index in [9.17, 15) is 4.79 Å². The van der Waals surface area contributed by atoms with Gasteiger partial charge in [-0.3, -0.25) is 4.79 Å². The molecule has 104 valence electrons. The minimum atomic E-state index is -0.101. The molecule has 2 aromatic rings. The molecule has 0 fully saturated rings. The number of nitrogens with two attached hydrogens (primary N) is 1. The third kappa shape index (κ3) is 3.55. The number of aryl methyl sites for hydroxylation is 1. The molecule has 19 heavy (non-hydrogen) atoms. The largest absolute Gasteiger partial charge is 0.327 e. The third-order valence-electron chi connectivity index (χ3n) is 2.75. The molecular weight excluding hydrogens is 280 g/mol. The van der Waals surface area contributed by atoms with Gasteiger partial charge in [0.15, 0.2) is 0 Å². The maximum atomic E-state index is 11.9. The molecule has 2 aromatic heterocycles. The van der Waals surface area contributed by atoms with Crippen LogP contribution in [0.5, 0.6) is 0 Å². The normalized spacial score (nSPS) is 13.0. The van der Waals surface area contributed by atoms with Crippen LogP contribution in [-0.2, 0) is 12.2 Å². The van der Waals surface area contributed by atoms with Crippen LogP contribution < -0.4 is 11.3 Å². The Bertz CT molecular complexity index is 607. The molecule has 0 aliphatic heterocycles. The minimum absolute atomic E-state index is 0.101. The van der Waals surface area contributed by atoms with E-state index in [1.54, 1.807) is 17.8 Å². The molecule has 2 N–H and O–H groups in total. The average Bonchev–Trinajstić information content (AvgIpc) is 2.82. The summed E-state index contributed by atoms with van der Waals surface area (Å²) in [4.78, 5) is 17.1. The molecule has 7 heteroatoms. The number of nitrogens with zero attached hydrogens (tertiary/aromatic N) is 3. The van der Waals surface area contributed by atoms with Crippen molar-refractivity contribution in [3.05, 3.63) is 27.1 Å².